The van der Waals surface area contributed by atoms with Crippen LogP contribution in [0.5, 0.6) is 0 Å². The average molecular weight is 760 g/mol. The molecule has 0 saturated heterocycles. The normalized spacial score (nSPS) is 11.9. The largest absolute Gasteiger partial charge is 0.309 e. The third kappa shape index (κ3) is 5.19. The maximum Gasteiger partial charge on any atom is 0.163 e. The van der Waals surface area contributed by atoms with Crippen LogP contribution in [0.15, 0.2) is 188 Å². The van der Waals surface area contributed by atoms with Crippen molar-refractivity contribution < 1.29 is 0 Å². The zero-order chi connectivity index (χ0) is 38.2. The Morgan fingerprint density at radius 1 is 0.379 bits per heavy atom. The first-order valence-electron chi connectivity index (χ1n) is 19.6. The molecule has 272 valence electrons. The molecule has 0 bridgehead atoms. The van der Waals surface area contributed by atoms with Gasteiger partial charge in [0.1, 0.15) is 5.82 Å². The molecule has 0 amide bonds. The van der Waals surface area contributed by atoms with Gasteiger partial charge in [0.05, 0.1) is 22.1 Å². The minimum atomic E-state index is 0.490. The Morgan fingerprint density at radius 3 is 1.55 bits per heavy atom. The lowest BCUT2D eigenvalue weighted by Gasteiger charge is -2.17. The van der Waals surface area contributed by atoms with E-state index in [4.69, 9.17) is 15.0 Å². The van der Waals surface area contributed by atoms with Crippen molar-refractivity contribution in [1.82, 2.24) is 24.1 Å². The molecule has 0 atom stereocenters. The number of thiophene rings is 1. The van der Waals surface area contributed by atoms with Crippen LogP contribution in [0.4, 0.5) is 0 Å². The highest BCUT2D eigenvalue weighted by Crippen LogP contribution is 2.41. The summed E-state index contributed by atoms with van der Waals surface area (Å²) in [6, 6.07) is 67.1. The molecule has 4 aromatic heterocycles. The first kappa shape index (κ1) is 32.8. The van der Waals surface area contributed by atoms with Crippen LogP contribution in [-0.2, 0) is 6.42 Å². The van der Waals surface area contributed by atoms with Gasteiger partial charge >= 0.3 is 0 Å². The number of hydrogen-bond donors (Lipinski definition) is 0. The Morgan fingerprint density at radius 2 is 0.914 bits per heavy atom. The molecule has 5 nitrogen and oxygen atoms in total. The topological polar surface area (TPSA) is 48.5 Å². The van der Waals surface area contributed by atoms with E-state index in [9.17, 15) is 0 Å². The van der Waals surface area contributed by atoms with Gasteiger partial charge in [0.25, 0.3) is 0 Å². The van der Waals surface area contributed by atoms with Crippen molar-refractivity contribution in [3.05, 3.63) is 199 Å². The van der Waals surface area contributed by atoms with Crippen LogP contribution in [0.2, 0.25) is 0 Å². The van der Waals surface area contributed by atoms with Crippen LogP contribution < -0.4 is 0 Å². The van der Waals surface area contributed by atoms with E-state index in [2.05, 4.69) is 161 Å². The van der Waals surface area contributed by atoms with Crippen molar-refractivity contribution in [1.29, 1.82) is 0 Å². The van der Waals surface area contributed by atoms with Gasteiger partial charge < -0.3 is 9.13 Å². The van der Waals surface area contributed by atoms with Gasteiger partial charge in [0.2, 0.25) is 0 Å². The fourth-order valence-electron chi connectivity index (χ4n) is 8.82. The molecule has 0 aliphatic carbocycles. The number of hydrogen-bond acceptors (Lipinski definition) is 4. The van der Waals surface area contributed by atoms with Crippen molar-refractivity contribution in [2.24, 2.45) is 0 Å². The van der Waals surface area contributed by atoms with E-state index in [1.165, 1.54) is 52.8 Å². The number of nitrogens with zero attached hydrogens (tertiary/aromatic N) is 5. The van der Waals surface area contributed by atoms with E-state index in [0.29, 0.717) is 23.9 Å². The number of para-hydroxylation sites is 3. The molecule has 4 heterocycles. The van der Waals surface area contributed by atoms with Crippen LogP contribution in [0, 0.1) is 0 Å². The predicted octanol–water partition coefficient (Wildman–Crippen LogP) is 13.4. The molecule has 0 aliphatic heterocycles. The lowest BCUT2D eigenvalue weighted by molar-refractivity contribution is 0.923. The summed E-state index contributed by atoms with van der Waals surface area (Å²) in [6.07, 6.45) is 0.490. The van der Waals surface area contributed by atoms with E-state index in [1.807, 2.05) is 47.7 Å². The second kappa shape index (κ2) is 13.1. The zero-order valence-corrected chi connectivity index (χ0v) is 32.1. The summed E-state index contributed by atoms with van der Waals surface area (Å²) in [5.74, 6) is 2.03. The lowest BCUT2D eigenvalue weighted by atomic mass is 10.1. The van der Waals surface area contributed by atoms with Gasteiger partial charge in [0, 0.05) is 70.6 Å². The van der Waals surface area contributed by atoms with Crippen LogP contribution in [0.25, 0.3) is 97.9 Å². The molecule has 0 fully saturated rings. The standard InChI is InChI=1S/C52H33N5S/c1-3-15-33(16-4-1)51-53-50(54-52(55-51)34-17-5-2-6-18-34)30-35-29-36(27-28-43(35)57-45-24-12-7-19-37(45)38-20-8-13-25-46(38)57)56-44-23-11-9-21-39(44)41-31-42-40-22-10-14-26-48(40)58-49(42)32-47(41)56/h1-29,31-32H,30H2. The van der Waals surface area contributed by atoms with Gasteiger partial charge in [-0.2, -0.15) is 0 Å². The number of rotatable bonds is 6. The van der Waals surface area contributed by atoms with Crippen LogP contribution in [0.3, 0.4) is 0 Å². The minimum absolute atomic E-state index is 0.490. The predicted molar refractivity (Wildman–Crippen MR) is 242 cm³/mol. The zero-order valence-electron chi connectivity index (χ0n) is 31.2. The number of benzene rings is 8. The Hall–Kier alpha value is -7.41. The second-order valence-electron chi connectivity index (χ2n) is 14.8. The van der Waals surface area contributed by atoms with Gasteiger partial charge in [-0.3, -0.25) is 0 Å². The average Bonchev–Trinajstić information content (AvgIpc) is 3.93. The Balaban J connectivity index is 1.13. The third-order valence-corrected chi connectivity index (χ3v) is 12.5. The van der Waals surface area contributed by atoms with Crippen molar-refractivity contribution in [3.63, 3.8) is 0 Å². The Bertz CT molecular complexity index is 3430. The maximum atomic E-state index is 5.18. The summed E-state index contributed by atoms with van der Waals surface area (Å²) >= 11 is 1.86. The van der Waals surface area contributed by atoms with E-state index >= 15 is 0 Å². The van der Waals surface area contributed by atoms with Crippen LogP contribution >= 0.6 is 11.3 Å². The third-order valence-electron chi connectivity index (χ3n) is 11.4. The monoisotopic (exact) mass is 759 g/mol. The van der Waals surface area contributed by atoms with E-state index in [-0.39, 0.29) is 0 Å². The van der Waals surface area contributed by atoms with Gasteiger partial charge in [-0.1, -0.05) is 133 Å². The molecule has 0 radical (unpaired) electrons. The molecule has 0 N–H and O–H groups in total. The number of aromatic nitrogens is 5. The van der Waals surface area contributed by atoms with Gasteiger partial charge in [-0.15, -0.1) is 11.3 Å². The molecule has 58 heavy (non-hydrogen) atoms. The van der Waals surface area contributed by atoms with Crippen molar-refractivity contribution in [2.45, 2.75) is 6.42 Å². The fourth-order valence-corrected chi connectivity index (χ4v) is 9.94. The molecule has 8 aromatic carbocycles. The summed E-state index contributed by atoms with van der Waals surface area (Å²) in [5, 5.41) is 7.54. The van der Waals surface area contributed by atoms with Crippen molar-refractivity contribution in [3.8, 4) is 34.2 Å². The molecular formula is C52H33N5S. The van der Waals surface area contributed by atoms with Crippen LogP contribution in [-0.4, -0.2) is 24.1 Å². The van der Waals surface area contributed by atoms with Crippen molar-refractivity contribution in [2.75, 3.05) is 0 Å². The second-order valence-corrected chi connectivity index (χ2v) is 15.9. The van der Waals surface area contributed by atoms with Gasteiger partial charge in [-0.25, -0.2) is 15.0 Å². The molecule has 0 aliphatic rings. The summed E-state index contributed by atoms with van der Waals surface area (Å²) in [5.41, 5.74) is 9.89. The maximum absolute atomic E-state index is 5.18. The molecule has 6 heteroatoms. The quantitative estimate of drug-likeness (QED) is 0.170. The highest BCUT2D eigenvalue weighted by atomic mass is 32.1. The molecule has 0 saturated carbocycles. The fraction of sp³-hybridized carbons (Fsp3) is 0.0192. The molecule has 12 rings (SSSR count). The van der Waals surface area contributed by atoms with E-state index in [1.54, 1.807) is 0 Å². The summed E-state index contributed by atoms with van der Waals surface area (Å²) < 4.78 is 7.44. The smallest absolute Gasteiger partial charge is 0.163 e. The lowest BCUT2D eigenvalue weighted by Crippen LogP contribution is -2.08. The SMILES string of the molecule is c1ccc(-c2nc(Cc3cc(-n4c5ccccc5c5cc6c(cc54)sc4ccccc46)ccc3-n3c4ccccc4c4ccccc43)nc(-c3ccccc3)n2)cc1. The first-order valence-corrected chi connectivity index (χ1v) is 20.4. The summed E-state index contributed by atoms with van der Waals surface area (Å²) in [4.78, 5) is 15.4. The highest BCUT2D eigenvalue weighted by Gasteiger charge is 2.21. The minimum Gasteiger partial charge on any atom is -0.309 e. The molecular weight excluding hydrogens is 727 g/mol. The van der Waals surface area contributed by atoms with Gasteiger partial charge in [-0.05, 0) is 60.2 Å². The van der Waals surface area contributed by atoms with E-state index in [0.717, 1.165) is 39.1 Å². The summed E-state index contributed by atoms with van der Waals surface area (Å²) in [6.45, 7) is 0. The molecule has 0 spiro atoms. The molecule has 0 unspecified atom stereocenters. The van der Waals surface area contributed by atoms with E-state index < -0.39 is 0 Å². The van der Waals surface area contributed by atoms with Crippen LogP contribution in [0.1, 0.15) is 11.4 Å². The Labute approximate surface area is 337 Å². The highest BCUT2D eigenvalue weighted by molar-refractivity contribution is 7.25. The van der Waals surface area contributed by atoms with Gasteiger partial charge in [0.15, 0.2) is 11.6 Å². The molecule has 12 aromatic rings. The summed E-state index contributed by atoms with van der Waals surface area (Å²) in [7, 11) is 0. The number of fused-ring (bicyclic) bond motifs is 9. The Kier molecular flexibility index (Phi) is 7.40. The first-order chi connectivity index (χ1) is 28.7. The van der Waals surface area contributed by atoms with Crippen molar-refractivity contribution >= 4 is 75.1 Å².